The summed E-state index contributed by atoms with van der Waals surface area (Å²) in [5, 5.41) is 8.38. The van der Waals surface area contributed by atoms with E-state index in [0.717, 1.165) is 5.57 Å². The molecule has 0 fully saturated rings. The Morgan fingerprint density at radius 2 is 2.10 bits per heavy atom. The van der Waals surface area contributed by atoms with Gasteiger partial charge < -0.3 is 5.11 Å². The molecular formula is C8H14O2. The van der Waals surface area contributed by atoms with E-state index >= 15 is 0 Å². The zero-order valence-corrected chi connectivity index (χ0v) is 6.55. The minimum Gasteiger partial charge on any atom is -0.396 e. The van der Waals surface area contributed by atoms with Crippen LogP contribution in [0, 0.1) is 0 Å². The molecule has 0 aliphatic rings. The lowest BCUT2D eigenvalue weighted by molar-refractivity contribution is -0.114. The molecule has 0 heterocycles. The molecule has 0 bridgehead atoms. The molecule has 2 heteroatoms. The number of hydrogen-bond donors (Lipinski definition) is 1. The lowest BCUT2D eigenvalue weighted by Crippen LogP contribution is -1.95. The van der Waals surface area contributed by atoms with Crippen LogP contribution >= 0.6 is 0 Å². The van der Waals surface area contributed by atoms with Crippen LogP contribution in [0.1, 0.15) is 26.7 Å². The first-order valence-corrected chi connectivity index (χ1v) is 3.45. The summed E-state index contributed by atoms with van der Waals surface area (Å²) >= 11 is 0. The zero-order chi connectivity index (χ0) is 7.98. The Morgan fingerprint density at radius 1 is 1.50 bits per heavy atom. The Kier molecular flexibility index (Phi) is 4.85. The summed E-state index contributed by atoms with van der Waals surface area (Å²) in [6, 6.07) is 0. The third-order valence-electron chi connectivity index (χ3n) is 1.03. The number of rotatable bonds is 4. The van der Waals surface area contributed by atoms with Gasteiger partial charge in [-0.15, -0.1) is 0 Å². The van der Waals surface area contributed by atoms with Crippen LogP contribution in [-0.4, -0.2) is 17.5 Å². The summed E-state index contributed by atoms with van der Waals surface area (Å²) in [5.41, 5.74) is 1.02. The second kappa shape index (κ2) is 5.18. The van der Waals surface area contributed by atoms with Crippen molar-refractivity contribution in [2.45, 2.75) is 26.7 Å². The molecule has 0 aliphatic heterocycles. The van der Waals surface area contributed by atoms with Gasteiger partial charge in [0.1, 0.15) is 0 Å². The van der Waals surface area contributed by atoms with Gasteiger partial charge in [-0.2, -0.15) is 0 Å². The molecule has 0 amide bonds. The van der Waals surface area contributed by atoms with Crippen LogP contribution < -0.4 is 0 Å². The molecule has 0 aromatic rings. The SMILES string of the molecule is CC(C)=CC(=O)CCCO. The maximum Gasteiger partial charge on any atom is 0.155 e. The fourth-order valence-corrected chi connectivity index (χ4v) is 0.647. The molecule has 10 heavy (non-hydrogen) atoms. The van der Waals surface area contributed by atoms with Gasteiger partial charge in [-0.05, 0) is 26.3 Å². The molecule has 0 spiro atoms. The summed E-state index contributed by atoms with van der Waals surface area (Å²) < 4.78 is 0. The highest BCUT2D eigenvalue weighted by Crippen LogP contribution is 1.95. The summed E-state index contributed by atoms with van der Waals surface area (Å²) in [4.78, 5) is 10.8. The normalized spacial score (nSPS) is 9.10. The summed E-state index contributed by atoms with van der Waals surface area (Å²) in [5.74, 6) is 0.106. The van der Waals surface area contributed by atoms with Crippen molar-refractivity contribution in [2.75, 3.05) is 6.61 Å². The van der Waals surface area contributed by atoms with Crippen molar-refractivity contribution in [2.24, 2.45) is 0 Å². The van der Waals surface area contributed by atoms with Gasteiger partial charge in [0.2, 0.25) is 0 Å². The molecule has 0 atom stereocenters. The van der Waals surface area contributed by atoms with E-state index < -0.39 is 0 Å². The van der Waals surface area contributed by atoms with E-state index in [0.29, 0.717) is 12.8 Å². The van der Waals surface area contributed by atoms with Gasteiger partial charge in [0.05, 0.1) is 0 Å². The van der Waals surface area contributed by atoms with Crippen LogP contribution in [0.4, 0.5) is 0 Å². The third kappa shape index (κ3) is 5.51. The van der Waals surface area contributed by atoms with Crippen molar-refractivity contribution in [3.63, 3.8) is 0 Å². The van der Waals surface area contributed by atoms with Gasteiger partial charge >= 0.3 is 0 Å². The molecule has 0 aromatic heterocycles. The first-order valence-electron chi connectivity index (χ1n) is 3.45. The second-order valence-corrected chi connectivity index (χ2v) is 2.52. The smallest absolute Gasteiger partial charge is 0.155 e. The molecule has 2 nitrogen and oxygen atoms in total. The second-order valence-electron chi connectivity index (χ2n) is 2.52. The lowest BCUT2D eigenvalue weighted by atomic mass is 10.2. The predicted molar refractivity (Wildman–Crippen MR) is 40.8 cm³/mol. The largest absolute Gasteiger partial charge is 0.396 e. The summed E-state index contributed by atoms with van der Waals surface area (Å²) in [6.45, 7) is 3.87. The van der Waals surface area contributed by atoms with E-state index in [-0.39, 0.29) is 12.4 Å². The number of hydrogen-bond acceptors (Lipinski definition) is 2. The van der Waals surface area contributed by atoms with Gasteiger partial charge in [0.25, 0.3) is 0 Å². The van der Waals surface area contributed by atoms with Crippen LogP contribution in [0.3, 0.4) is 0 Å². The van der Waals surface area contributed by atoms with Gasteiger partial charge in [0.15, 0.2) is 5.78 Å². The number of carbonyl (C=O) groups is 1. The monoisotopic (exact) mass is 142 g/mol. The number of carbonyl (C=O) groups excluding carboxylic acids is 1. The van der Waals surface area contributed by atoms with Crippen molar-refractivity contribution in [1.29, 1.82) is 0 Å². The fourth-order valence-electron chi connectivity index (χ4n) is 0.647. The van der Waals surface area contributed by atoms with E-state index in [1.54, 1.807) is 6.08 Å². The van der Waals surface area contributed by atoms with Gasteiger partial charge in [-0.3, -0.25) is 4.79 Å². The van der Waals surface area contributed by atoms with Crippen LogP contribution in [-0.2, 0) is 4.79 Å². The topological polar surface area (TPSA) is 37.3 Å². The van der Waals surface area contributed by atoms with Crippen molar-refractivity contribution < 1.29 is 9.90 Å². The molecule has 58 valence electrons. The molecule has 0 radical (unpaired) electrons. The van der Waals surface area contributed by atoms with Gasteiger partial charge in [0, 0.05) is 13.0 Å². The van der Waals surface area contributed by atoms with Crippen molar-refractivity contribution >= 4 is 5.78 Å². The molecule has 0 aliphatic carbocycles. The summed E-state index contributed by atoms with van der Waals surface area (Å²) in [7, 11) is 0. The highest BCUT2D eigenvalue weighted by atomic mass is 16.3. The highest BCUT2D eigenvalue weighted by molar-refractivity contribution is 5.90. The molecule has 0 rings (SSSR count). The van der Waals surface area contributed by atoms with Gasteiger partial charge in [-0.1, -0.05) is 5.57 Å². The van der Waals surface area contributed by atoms with E-state index in [1.807, 2.05) is 13.8 Å². The highest BCUT2D eigenvalue weighted by Gasteiger charge is 1.94. The van der Waals surface area contributed by atoms with Crippen LogP contribution in [0.25, 0.3) is 0 Å². The minimum atomic E-state index is 0.0995. The Bertz CT molecular complexity index is 132. The van der Waals surface area contributed by atoms with E-state index in [4.69, 9.17) is 5.11 Å². The molecule has 1 N–H and O–H groups in total. The molecular weight excluding hydrogens is 128 g/mol. The summed E-state index contributed by atoms with van der Waals surface area (Å²) in [6.07, 6.45) is 2.64. The zero-order valence-electron chi connectivity index (χ0n) is 6.55. The number of aliphatic hydroxyl groups excluding tert-OH is 1. The maximum atomic E-state index is 10.8. The van der Waals surface area contributed by atoms with Crippen LogP contribution in [0.5, 0.6) is 0 Å². The Labute approximate surface area is 61.6 Å². The van der Waals surface area contributed by atoms with Crippen molar-refractivity contribution in [1.82, 2.24) is 0 Å². The Balaban J connectivity index is 3.54. The standard InChI is InChI=1S/C8H14O2/c1-7(2)6-8(10)4-3-5-9/h6,9H,3-5H2,1-2H3. The predicted octanol–water partition coefficient (Wildman–Crippen LogP) is 1.29. The average Bonchev–Trinajstić information content (AvgIpc) is 1.82. The van der Waals surface area contributed by atoms with Crippen LogP contribution in [0.2, 0.25) is 0 Å². The fraction of sp³-hybridized carbons (Fsp3) is 0.625. The Morgan fingerprint density at radius 3 is 2.50 bits per heavy atom. The molecule has 0 unspecified atom stereocenters. The van der Waals surface area contributed by atoms with Crippen molar-refractivity contribution in [3.8, 4) is 0 Å². The van der Waals surface area contributed by atoms with Crippen molar-refractivity contribution in [3.05, 3.63) is 11.6 Å². The molecule has 0 saturated carbocycles. The number of allylic oxidation sites excluding steroid dienone is 2. The van der Waals surface area contributed by atoms with E-state index in [9.17, 15) is 4.79 Å². The Hall–Kier alpha value is -0.630. The average molecular weight is 142 g/mol. The lowest BCUT2D eigenvalue weighted by Gasteiger charge is -1.91. The van der Waals surface area contributed by atoms with E-state index in [2.05, 4.69) is 0 Å². The first kappa shape index (κ1) is 9.37. The van der Waals surface area contributed by atoms with E-state index in [1.165, 1.54) is 0 Å². The third-order valence-corrected chi connectivity index (χ3v) is 1.03. The van der Waals surface area contributed by atoms with Crippen LogP contribution in [0.15, 0.2) is 11.6 Å². The minimum absolute atomic E-state index is 0.0995. The van der Waals surface area contributed by atoms with Gasteiger partial charge in [-0.25, -0.2) is 0 Å². The quantitative estimate of drug-likeness (QED) is 0.600. The number of aliphatic hydroxyl groups is 1. The number of ketones is 1. The first-order chi connectivity index (χ1) is 4.66. The maximum absolute atomic E-state index is 10.8. The molecule has 0 saturated heterocycles. The molecule has 0 aromatic carbocycles.